The lowest BCUT2D eigenvalue weighted by Gasteiger charge is -2.61. The number of amides is 1. The van der Waals surface area contributed by atoms with Crippen LogP contribution < -0.4 is 0 Å². The molecule has 4 aliphatic carbocycles. The molecule has 5 rings (SSSR count). The highest BCUT2D eigenvalue weighted by molar-refractivity contribution is 5.81. The molecule has 0 aliphatic heterocycles. The zero-order chi connectivity index (χ0) is 20.8. The average molecular weight is 400 g/mol. The summed E-state index contributed by atoms with van der Waals surface area (Å²) in [6, 6.07) is 8.70. The van der Waals surface area contributed by atoms with Gasteiger partial charge in [-0.05, 0) is 82.6 Å². The molecule has 1 amide bonds. The Labute approximate surface area is 173 Å². The lowest BCUT2D eigenvalue weighted by atomic mass is 9.52. The highest BCUT2D eigenvalue weighted by atomic mass is 16.6. The van der Waals surface area contributed by atoms with Crippen molar-refractivity contribution >= 4 is 12.1 Å². The van der Waals surface area contributed by atoms with Crippen LogP contribution in [0, 0.1) is 17.8 Å². The van der Waals surface area contributed by atoms with Gasteiger partial charge in [0.2, 0.25) is 0 Å². The van der Waals surface area contributed by atoms with Crippen LogP contribution in [0.25, 0.3) is 0 Å². The van der Waals surface area contributed by atoms with Crippen LogP contribution in [0.2, 0.25) is 0 Å². The molecule has 1 N–H and O–H groups in total. The molecular weight excluding hydrogens is 366 g/mol. The van der Waals surface area contributed by atoms with Crippen LogP contribution in [0.4, 0.5) is 4.79 Å². The van der Waals surface area contributed by atoms with Crippen LogP contribution in [0.5, 0.6) is 0 Å². The molecule has 4 fully saturated rings. The zero-order valence-electron chi connectivity index (χ0n) is 17.8. The van der Waals surface area contributed by atoms with E-state index in [0.29, 0.717) is 24.2 Å². The molecule has 4 bridgehead atoms. The second kappa shape index (κ2) is 7.33. The van der Waals surface area contributed by atoms with E-state index in [1.54, 1.807) is 4.90 Å². The molecule has 5 nitrogen and oxygen atoms in total. The van der Waals surface area contributed by atoms with E-state index < -0.39 is 23.7 Å². The predicted molar refractivity (Wildman–Crippen MR) is 111 cm³/mol. The van der Waals surface area contributed by atoms with Gasteiger partial charge in [0, 0.05) is 12.0 Å². The van der Waals surface area contributed by atoms with Crippen LogP contribution in [-0.4, -0.2) is 39.3 Å². The van der Waals surface area contributed by atoms with Crippen molar-refractivity contribution in [1.29, 1.82) is 0 Å². The fourth-order valence-electron chi connectivity index (χ4n) is 6.45. The number of nitrogens with zero attached hydrogens (tertiary/aromatic N) is 1. The Hall–Kier alpha value is -2.04. The number of carbonyl (C=O) groups excluding carboxylic acids is 1. The standard InChI is InChI=1S/C24H33NO4/c1-23(2,3)29-22(28)25(20(21(26)27)12-16-7-5-4-6-8-16)24-13-17-9-18(14-24)11-19(10-17)15-24/h4-8,17-20H,9-15H2,1-3H3,(H,26,27)/t17?,18?,19?,20-,24?/m0/s1. The SMILES string of the molecule is CC(C)(C)OC(=O)N([C@@H](Cc1ccccc1)C(=O)O)C12CC3CC(CC(C3)C1)C2. The number of carboxylic acids is 1. The topological polar surface area (TPSA) is 66.8 Å². The third-order valence-electron chi connectivity index (χ3n) is 6.98. The van der Waals surface area contributed by atoms with Gasteiger partial charge >= 0.3 is 12.1 Å². The van der Waals surface area contributed by atoms with Gasteiger partial charge in [0.05, 0.1) is 0 Å². The number of benzene rings is 1. The molecule has 0 saturated heterocycles. The minimum atomic E-state index is -0.949. The second-order valence-corrected chi connectivity index (χ2v) is 10.5. The van der Waals surface area contributed by atoms with Crippen molar-refractivity contribution in [3.8, 4) is 0 Å². The number of ether oxygens (including phenoxy) is 1. The normalized spacial score (nSPS) is 31.3. The zero-order valence-corrected chi connectivity index (χ0v) is 17.8. The van der Waals surface area contributed by atoms with E-state index in [1.165, 1.54) is 19.3 Å². The Balaban J connectivity index is 1.71. The minimum absolute atomic E-state index is 0.303. The molecule has 5 heteroatoms. The Morgan fingerprint density at radius 3 is 2.03 bits per heavy atom. The first-order valence-corrected chi connectivity index (χ1v) is 10.9. The molecular formula is C24H33NO4. The van der Waals surface area contributed by atoms with Crippen LogP contribution in [0.15, 0.2) is 30.3 Å². The van der Waals surface area contributed by atoms with E-state index in [4.69, 9.17) is 4.74 Å². The van der Waals surface area contributed by atoms with E-state index >= 15 is 0 Å². The Morgan fingerprint density at radius 1 is 1.07 bits per heavy atom. The van der Waals surface area contributed by atoms with Crippen LogP contribution in [-0.2, 0) is 16.0 Å². The van der Waals surface area contributed by atoms with E-state index in [1.807, 2.05) is 51.1 Å². The van der Waals surface area contributed by atoms with Gasteiger partial charge in [-0.15, -0.1) is 0 Å². The first-order valence-electron chi connectivity index (χ1n) is 10.9. The van der Waals surface area contributed by atoms with Gasteiger partial charge in [-0.1, -0.05) is 30.3 Å². The average Bonchev–Trinajstić information content (AvgIpc) is 2.59. The number of hydrogen-bond acceptors (Lipinski definition) is 3. The van der Waals surface area contributed by atoms with Gasteiger partial charge in [0.15, 0.2) is 0 Å². The summed E-state index contributed by atoms with van der Waals surface area (Å²) in [7, 11) is 0. The lowest BCUT2D eigenvalue weighted by molar-refractivity contribution is -0.153. The summed E-state index contributed by atoms with van der Waals surface area (Å²) in [5, 5.41) is 10.2. The summed E-state index contributed by atoms with van der Waals surface area (Å²) >= 11 is 0. The molecule has 0 aromatic heterocycles. The first-order chi connectivity index (χ1) is 13.7. The molecule has 0 heterocycles. The summed E-state index contributed by atoms with van der Waals surface area (Å²) in [6.45, 7) is 5.53. The first kappa shape index (κ1) is 20.2. The van der Waals surface area contributed by atoms with Crippen molar-refractivity contribution in [2.45, 2.75) is 82.9 Å². The summed E-state index contributed by atoms with van der Waals surface area (Å²) in [6.07, 6.45) is 6.28. The molecule has 29 heavy (non-hydrogen) atoms. The number of hydrogen-bond donors (Lipinski definition) is 1. The Kier molecular flexibility index (Phi) is 5.12. The van der Waals surface area contributed by atoms with Gasteiger partial charge in [-0.25, -0.2) is 9.59 Å². The minimum Gasteiger partial charge on any atom is -0.480 e. The number of carbonyl (C=O) groups is 2. The fraction of sp³-hybridized carbons (Fsp3) is 0.667. The van der Waals surface area contributed by atoms with Crippen molar-refractivity contribution in [3.63, 3.8) is 0 Å². The van der Waals surface area contributed by atoms with Gasteiger partial charge < -0.3 is 9.84 Å². The molecule has 158 valence electrons. The summed E-state index contributed by atoms with van der Waals surface area (Å²) in [5.74, 6) is 0.877. The highest BCUT2D eigenvalue weighted by Crippen LogP contribution is 2.58. The largest absolute Gasteiger partial charge is 0.480 e. The van der Waals surface area contributed by atoms with E-state index in [2.05, 4.69) is 0 Å². The van der Waals surface area contributed by atoms with Crippen molar-refractivity contribution in [3.05, 3.63) is 35.9 Å². The molecule has 0 spiro atoms. The van der Waals surface area contributed by atoms with Crippen molar-refractivity contribution in [1.82, 2.24) is 4.90 Å². The molecule has 1 aromatic carbocycles. The van der Waals surface area contributed by atoms with Crippen LogP contribution >= 0.6 is 0 Å². The monoisotopic (exact) mass is 399 g/mol. The van der Waals surface area contributed by atoms with Crippen LogP contribution in [0.1, 0.15) is 64.9 Å². The lowest BCUT2D eigenvalue weighted by Crippen LogP contribution is -2.66. The summed E-state index contributed by atoms with van der Waals surface area (Å²) in [4.78, 5) is 27.6. The quantitative estimate of drug-likeness (QED) is 0.766. The van der Waals surface area contributed by atoms with Gasteiger partial charge in [-0.3, -0.25) is 4.90 Å². The third kappa shape index (κ3) is 4.15. The Bertz CT molecular complexity index is 732. The molecule has 4 aliphatic rings. The van der Waals surface area contributed by atoms with Crippen molar-refractivity contribution in [2.24, 2.45) is 17.8 Å². The maximum atomic E-state index is 13.5. The summed E-state index contributed by atoms with van der Waals surface area (Å²) < 4.78 is 5.78. The van der Waals surface area contributed by atoms with Gasteiger partial charge in [0.1, 0.15) is 11.6 Å². The fourth-order valence-corrected chi connectivity index (χ4v) is 6.45. The van der Waals surface area contributed by atoms with Gasteiger partial charge in [-0.2, -0.15) is 0 Å². The highest BCUT2D eigenvalue weighted by Gasteiger charge is 2.57. The van der Waals surface area contributed by atoms with Crippen LogP contribution in [0.3, 0.4) is 0 Å². The van der Waals surface area contributed by atoms with Gasteiger partial charge in [0.25, 0.3) is 0 Å². The number of rotatable bonds is 5. The molecule has 1 aromatic rings. The van der Waals surface area contributed by atoms with E-state index in [0.717, 1.165) is 24.8 Å². The summed E-state index contributed by atoms with van der Waals surface area (Å²) in [5.41, 5.74) is -0.110. The molecule has 0 unspecified atom stereocenters. The smallest absolute Gasteiger partial charge is 0.411 e. The number of aliphatic carboxylic acids is 1. The second-order valence-electron chi connectivity index (χ2n) is 10.5. The predicted octanol–water partition coefficient (Wildman–Crippen LogP) is 4.89. The Morgan fingerprint density at radius 2 is 1.59 bits per heavy atom. The molecule has 0 radical (unpaired) electrons. The maximum absolute atomic E-state index is 13.5. The molecule has 4 saturated carbocycles. The van der Waals surface area contributed by atoms with Crippen molar-refractivity contribution in [2.75, 3.05) is 0 Å². The van der Waals surface area contributed by atoms with E-state index in [-0.39, 0.29) is 5.54 Å². The van der Waals surface area contributed by atoms with Crippen molar-refractivity contribution < 1.29 is 19.4 Å². The maximum Gasteiger partial charge on any atom is 0.411 e. The third-order valence-corrected chi connectivity index (χ3v) is 6.98. The molecule has 1 atom stereocenters. The number of carboxylic acid groups (broad SMARTS) is 1. The van der Waals surface area contributed by atoms with E-state index in [9.17, 15) is 14.7 Å².